The Morgan fingerprint density at radius 3 is 3.08 bits per heavy atom. The summed E-state index contributed by atoms with van der Waals surface area (Å²) in [6.45, 7) is 2.08. The molecule has 1 aliphatic rings. The van der Waals surface area contributed by atoms with E-state index in [0.717, 1.165) is 17.0 Å². The van der Waals surface area contributed by atoms with Crippen molar-refractivity contribution in [3.63, 3.8) is 0 Å². The van der Waals surface area contributed by atoms with Gasteiger partial charge in [-0.1, -0.05) is 13.0 Å². The molecule has 0 spiro atoms. The maximum atomic E-state index is 12.7. The molecule has 0 radical (unpaired) electrons. The molecule has 1 atom stereocenters. The van der Waals surface area contributed by atoms with Crippen molar-refractivity contribution in [1.29, 1.82) is 0 Å². The first-order chi connectivity index (χ1) is 5.79. The van der Waals surface area contributed by atoms with Gasteiger partial charge in [-0.25, -0.2) is 4.39 Å². The van der Waals surface area contributed by atoms with Gasteiger partial charge in [0.05, 0.1) is 11.4 Å². The summed E-state index contributed by atoms with van der Waals surface area (Å²) < 4.78 is 12.7. The molecule has 2 heteroatoms. The van der Waals surface area contributed by atoms with Crippen molar-refractivity contribution in [2.45, 2.75) is 19.4 Å². The first kappa shape index (κ1) is 7.47. The molecule has 1 unspecified atom stereocenters. The van der Waals surface area contributed by atoms with E-state index >= 15 is 0 Å². The fraction of sp³-hybridized carbons (Fsp3) is 0.300. The van der Waals surface area contributed by atoms with Crippen LogP contribution in [0.2, 0.25) is 0 Å². The van der Waals surface area contributed by atoms with Crippen LogP contribution in [0.15, 0.2) is 23.2 Å². The molecule has 0 fully saturated rings. The maximum absolute atomic E-state index is 12.7. The minimum absolute atomic E-state index is 0.183. The first-order valence-corrected chi connectivity index (χ1v) is 4.15. The van der Waals surface area contributed by atoms with Crippen molar-refractivity contribution in [3.8, 4) is 0 Å². The number of hydrogen-bond donors (Lipinski definition) is 0. The quantitative estimate of drug-likeness (QED) is 0.586. The normalized spacial score (nSPS) is 19.7. The second-order valence-corrected chi connectivity index (χ2v) is 2.97. The van der Waals surface area contributed by atoms with E-state index in [9.17, 15) is 4.39 Å². The molecule has 1 nitrogen and oxygen atoms in total. The van der Waals surface area contributed by atoms with Crippen molar-refractivity contribution < 1.29 is 4.39 Å². The molecule has 0 aliphatic carbocycles. The molecule has 0 saturated heterocycles. The zero-order chi connectivity index (χ0) is 8.55. The number of nitrogens with zero attached hydrogens (tertiary/aromatic N) is 1. The molecular formula is C10H10FN. The molecule has 0 bridgehead atoms. The average Bonchev–Trinajstić information content (AvgIpc) is 2.46. The SMILES string of the molecule is CCC1C=c2cc(F)ccc2=N1. The minimum Gasteiger partial charge on any atom is -0.277 e. The van der Waals surface area contributed by atoms with Crippen LogP contribution in [0.25, 0.3) is 6.08 Å². The number of rotatable bonds is 1. The lowest BCUT2D eigenvalue weighted by Crippen LogP contribution is -2.20. The second kappa shape index (κ2) is 2.70. The van der Waals surface area contributed by atoms with Gasteiger partial charge in [0.2, 0.25) is 0 Å². The fourth-order valence-electron chi connectivity index (χ4n) is 1.41. The van der Waals surface area contributed by atoms with Gasteiger partial charge in [0.25, 0.3) is 0 Å². The van der Waals surface area contributed by atoms with Crippen LogP contribution in [0, 0.1) is 5.82 Å². The summed E-state index contributed by atoms with van der Waals surface area (Å²) in [6, 6.07) is 4.97. The van der Waals surface area contributed by atoms with E-state index in [1.165, 1.54) is 12.1 Å². The summed E-state index contributed by atoms with van der Waals surface area (Å²) in [5.74, 6) is -0.183. The largest absolute Gasteiger partial charge is 0.277 e. The molecule has 1 aromatic carbocycles. The summed E-state index contributed by atoms with van der Waals surface area (Å²) >= 11 is 0. The molecule has 0 saturated carbocycles. The average molecular weight is 163 g/mol. The van der Waals surface area contributed by atoms with Crippen molar-refractivity contribution in [2.75, 3.05) is 0 Å². The van der Waals surface area contributed by atoms with Crippen LogP contribution in [-0.2, 0) is 0 Å². The van der Waals surface area contributed by atoms with Gasteiger partial charge in [0.1, 0.15) is 5.82 Å². The van der Waals surface area contributed by atoms with Crippen LogP contribution >= 0.6 is 0 Å². The molecule has 1 aliphatic heterocycles. The van der Waals surface area contributed by atoms with E-state index in [-0.39, 0.29) is 11.9 Å². The van der Waals surface area contributed by atoms with E-state index in [4.69, 9.17) is 0 Å². The van der Waals surface area contributed by atoms with Gasteiger partial charge >= 0.3 is 0 Å². The molecule has 0 aromatic heterocycles. The van der Waals surface area contributed by atoms with Gasteiger partial charge in [-0.3, -0.25) is 4.99 Å². The summed E-state index contributed by atoms with van der Waals surface area (Å²) in [5, 5.41) is 1.85. The van der Waals surface area contributed by atoms with Crippen LogP contribution in [0.3, 0.4) is 0 Å². The summed E-state index contributed by atoms with van der Waals surface area (Å²) in [6.07, 6.45) is 2.99. The highest BCUT2D eigenvalue weighted by molar-refractivity contribution is 5.34. The summed E-state index contributed by atoms with van der Waals surface area (Å²) in [5.41, 5.74) is 0. The van der Waals surface area contributed by atoms with Crippen molar-refractivity contribution in [1.82, 2.24) is 0 Å². The van der Waals surface area contributed by atoms with Gasteiger partial charge in [-0.2, -0.15) is 0 Å². The van der Waals surface area contributed by atoms with Crippen LogP contribution < -0.4 is 10.6 Å². The highest BCUT2D eigenvalue weighted by atomic mass is 19.1. The Balaban J connectivity index is 2.61. The Bertz CT molecular complexity index is 408. The second-order valence-electron chi connectivity index (χ2n) is 2.97. The van der Waals surface area contributed by atoms with Crippen molar-refractivity contribution in [3.05, 3.63) is 34.6 Å². The molecule has 0 N–H and O–H groups in total. The minimum atomic E-state index is -0.183. The predicted molar refractivity (Wildman–Crippen MR) is 45.7 cm³/mol. The topological polar surface area (TPSA) is 12.4 Å². The highest BCUT2D eigenvalue weighted by Crippen LogP contribution is 2.00. The Morgan fingerprint density at radius 2 is 2.33 bits per heavy atom. The van der Waals surface area contributed by atoms with Crippen LogP contribution in [-0.4, -0.2) is 6.04 Å². The molecule has 12 heavy (non-hydrogen) atoms. The molecule has 1 heterocycles. The third-order valence-electron chi connectivity index (χ3n) is 2.08. The lowest BCUT2D eigenvalue weighted by atomic mass is 10.2. The van der Waals surface area contributed by atoms with Gasteiger partial charge in [-0.05, 0) is 24.6 Å². The smallest absolute Gasteiger partial charge is 0.123 e. The van der Waals surface area contributed by atoms with Gasteiger partial charge in [0.15, 0.2) is 0 Å². The lowest BCUT2D eigenvalue weighted by molar-refractivity contribution is 0.626. The zero-order valence-electron chi connectivity index (χ0n) is 6.92. The fourth-order valence-corrected chi connectivity index (χ4v) is 1.41. The van der Waals surface area contributed by atoms with E-state index in [1.807, 2.05) is 6.08 Å². The molecule has 0 amide bonds. The van der Waals surface area contributed by atoms with E-state index in [1.54, 1.807) is 6.07 Å². The van der Waals surface area contributed by atoms with Crippen molar-refractivity contribution >= 4 is 6.08 Å². The zero-order valence-corrected chi connectivity index (χ0v) is 6.92. The van der Waals surface area contributed by atoms with Crippen LogP contribution in [0.1, 0.15) is 13.3 Å². The van der Waals surface area contributed by atoms with Gasteiger partial charge < -0.3 is 0 Å². The molecule has 62 valence electrons. The summed E-state index contributed by atoms with van der Waals surface area (Å²) in [7, 11) is 0. The van der Waals surface area contributed by atoms with E-state index < -0.39 is 0 Å². The summed E-state index contributed by atoms with van der Waals surface area (Å²) in [4.78, 5) is 4.39. The van der Waals surface area contributed by atoms with Crippen LogP contribution in [0.5, 0.6) is 0 Å². The lowest BCUT2D eigenvalue weighted by Gasteiger charge is -1.94. The van der Waals surface area contributed by atoms with Gasteiger partial charge in [0, 0.05) is 5.22 Å². The number of halogens is 1. The maximum Gasteiger partial charge on any atom is 0.123 e. The molecular weight excluding hydrogens is 153 g/mol. The Kier molecular flexibility index (Phi) is 1.68. The molecule has 1 aromatic rings. The predicted octanol–water partition coefficient (Wildman–Crippen LogP) is 1.02. The van der Waals surface area contributed by atoms with Gasteiger partial charge in [-0.15, -0.1) is 0 Å². The van der Waals surface area contributed by atoms with Crippen molar-refractivity contribution in [2.24, 2.45) is 4.99 Å². The van der Waals surface area contributed by atoms with E-state index in [2.05, 4.69) is 11.9 Å². The number of hydrogen-bond acceptors (Lipinski definition) is 1. The van der Waals surface area contributed by atoms with E-state index in [0.29, 0.717) is 0 Å². The Labute approximate surface area is 70.3 Å². The third-order valence-corrected chi connectivity index (χ3v) is 2.08. The Hall–Kier alpha value is -1.18. The Morgan fingerprint density at radius 1 is 1.50 bits per heavy atom. The highest BCUT2D eigenvalue weighted by Gasteiger charge is 2.05. The monoisotopic (exact) mass is 163 g/mol. The number of benzene rings is 1. The van der Waals surface area contributed by atoms with Crippen LogP contribution in [0.4, 0.5) is 4.39 Å². The number of fused-ring (bicyclic) bond motifs is 1. The standard InChI is InChI=1S/C10H10FN/c1-2-9-6-7-5-8(11)3-4-10(7)12-9/h3-6,9H,2H2,1H3. The molecule has 2 rings (SSSR count). The third kappa shape index (κ3) is 1.13. The first-order valence-electron chi connectivity index (χ1n) is 4.15.